The Balaban J connectivity index is 2.36. The molecule has 128 valence electrons. The average Bonchev–Trinajstić information content (AvgIpc) is 2.70. The zero-order valence-electron chi connectivity index (χ0n) is 14.8. The molecule has 2 atom stereocenters. The highest BCUT2D eigenvalue weighted by Gasteiger charge is 2.52. The van der Waals surface area contributed by atoms with E-state index in [1.54, 1.807) is 0 Å². The first kappa shape index (κ1) is 18.4. The largest absolute Gasteiger partial charge is 0.140 e. The summed E-state index contributed by atoms with van der Waals surface area (Å²) in [4.78, 5) is 0. The van der Waals surface area contributed by atoms with Crippen LogP contribution in [-0.2, 0) is 0 Å². The molecule has 0 aliphatic rings. The van der Waals surface area contributed by atoms with Crippen molar-refractivity contribution in [3.05, 3.63) is 91.0 Å². The predicted octanol–water partition coefficient (Wildman–Crippen LogP) is 5.75. The first-order chi connectivity index (χ1) is 12.2. The first-order valence-electron chi connectivity index (χ1n) is 8.91. The molecule has 0 bridgehead atoms. The molecule has 25 heavy (non-hydrogen) atoms. The Morgan fingerprint density at radius 3 is 1.28 bits per heavy atom. The predicted molar refractivity (Wildman–Crippen MR) is 117 cm³/mol. The fourth-order valence-electron chi connectivity index (χ4n) is 3.44. The van der Waals surface area contributed by atoms with E-state index in [1.165, 1.54) is 15.9 Å². The van der Waals surface area contributed by atoms with Crippen molar-refractivity contribution in [1.29, 1.82) is 0 Å². The summed E-state index contributed by atoms with van der Waals surface area (Å²) in [6, 6.07) is 33.2. The van der Waals surface area contributed by atoms with E-state index in [2.05, 4.69) is 121 Å². The van der Waals surface area contributed by atoms with Gasteiger partial charge in [0.25, 0.3) is 0 Å². The maximum Gasteiger partial charge on any atom is 0.140 e. The second-order valence-electron chi connectivity index (χ2n) is 6.49. The number of hydrogen-bond acceptors (Lipinski definition) is 0. The third-order valence-electron chi connectivity index (χ3n) is 4.97. The molecule has 3 aromatic carbocycles. The van der Waals surface area contributed by atoms with Crippen LogP contribution in [-0.4, -0.2) is 4.57 Å². The van der Waals surface area contributed by atoms with Crippen LogP contribution < -0.4 is 15.9 Å². The number of halogens is 1. The first-order valence-corrected chi connectivity index (χ1v) is 11.7. The lowest BCUT2D eigenvalue weighted by molar-refractivity contribution is 0.615. The Bertz CT molecular complexity index is 674. The van der Waals surface area contributed by atoms with Crippen molar-refractivity contribution >= 4 is 39.1 Å². The van der Waals surface area contributed by atoms with Crippen LogP contribution in [0.3, 0.4) is 0 Å². The van der Waals surface area contributed by atoms with Gasteiger partial charge >= 0.3 is 0 Å². The van der Waals surface area contributed by atoms with Crippen LogP contribution >= 0.6 is 23.2 Å². The Morgan fingerprint density at radius 1 is 0.680 bits per heavy atom. The smallest absolute Gasteiger partial charge is 0.0649 e. The summed E-state index contributed by atoms with van der Waals surface area (Å²) in [5.74, 6) is 0.578. The minimum Gasteiger partial charge on any atom is -0.0649 e. The molecule has 0 heterocycles. The summed E-state index contributed by atoms with van der Waals surface area (Å²) in [5.41, 5.74) is 0. The molecule has 0 aliphatic heterocycles. The van der Waals surface area contributed by atoms with Crippen LogP contribution in [0.4, 0.5) is 0 Å². The maximum atomic E-state index is 4.19. The highest BCUT2D eigenvalue weighted by atomic mass is 79.9. The quantitative estimate of drug-likeness (QED) is 0.357. The molecule has 2 unspecified atom stereocenters. The van der Waals surface area contributed by atoms with Gasteiger partial charge in [-0.1, -0.05) is 68.4 Å². The summed E-state index contributed by atoms with van der Waals surface area (Å²) in [6.45, 7) is 4.65. The van der Waals surface area contributed by atoms with E-state index >= 15 is 0 Å². The minimum atomic E-state index is -1.80. The zero-order chi connectivity index (χ0) is 17.7. The second kappa shape index (κ2) is 8.30. The molecular weight excluding hydrogens is 387 g/mol. The Labute approximate surface area is 160 Å². The Kier molecular flexibility index (Phi) is 6.10. The van der Waals surface area contributed by atoms with Gasteiger partial charge in [-0.05, 0) is 58.7 Å². The van der Waals surface area contributed by atoms with Gasteiger partial charge in [0.2, 0.25) is 0 Å². The molecule has 3 aromatic rings. The molecule has 0 saturated carbocycles. The molecule has 3 rings (SSSR count). The van der Waals surface area contributed by atoms with Gasteiger partial charge in [0.15, 0.2) is 0 Å². The molecule has 2 heteroatoms. The number of rotatable bonds is 6. The zero-order valence-corrected chi connectivity index (χ0v) is 17.3. The van der Waals surface area contributed by atoms with Crippen molar-refractivity contribution in [1.82, 2.24) is 0 Å². The van der Waals surface area contributed by atoms with Gasteiger partial charge in [-0.25, -0.2) is 0 Å². The van der Waals surface area contributed by atoms with Gasteiger partial charge in [0, 0.05) is 5.92 Å². The molecule has 0 aliphatic carbocycles. The minimum absolute atomic E-state index is 0.400. The van der Waals surface area contributed by atoms with Crippen LogP contribution in [0, 0.1) is 5.92 Å². The molecule has 0 fully saturated rings. The van der Waals surface area contributed by atoms with Crippen LogP contribution in [0.5, 0.6) is 0 Å². The molecule has 0 nitrogen and oxygen atoms in total. The third-order valence-corrected chi connectivity index (χ3v) is 12.3. The summed E-state index contributed by atoms with van der Waals surface area (Å²) in [5, 5.41) is 4.32. The monoisotopic (exact) mass is 411 g/mol. The number of benzene rings is 3. The fraction of sp³-hybridized carbons (Fsp3) is 0.217. The normalized spacial score (nSPS) is 14.0. The number of hydrogen-bond donors (Lipinski definition) is 0. The average molecular weight is 412 g/mol. The lowest BCUT2D eigenvalue weighted by Crippen LogP contribution is -2.38. The topological polar surface area (TPSA) is 0 Å². The van der Waals surface area contributed by atoms with Gasteiger partial charge in [0.1, 0.15) is 27.7 Å². The van der Waals surface area contributed by atoms with Gasteiger partial charge in [-0.3, -0.25) is 0 Å². The van der Waals surface area contributed by atoms with Gasteiger partial charge < -0.3 is 0 Å². The van der Waals surface area contributed by atoms with Crippen molar-refractivity contribution in [2.45, 2.75) is 24.8 Å². The van der Waals surface area contributed by atoms with Gasteiger partial charge in [-0.15, -0.1) is 0 Å². The maximum absolute atomic E-state index is 4.19. The van der Waals surface area contributed by atoms with E-state index in [0.29, 0.717) is 10.5 Å². The standard InChI is InChI=1S/C23H25BrP/c1-3-19(2)23(24)25(20-13-7-4-8-14-20,21-15-9-5-10-16-21)22-17-11-6-12-18-22/h4-19,23H,3H2,1-2H3/q+1. The number of alkyl halides is 1. The van der Waals surface area contributed by atoms with Crippen molar-refractivity contribution < 1.29 is 0 Å². The highest BCUT2D eigenvalue weighted by Crippen LogP contribution is 2.64. The molecular formula is C23H25BrP+. The molecule has 0 radical (unpaired) electrons. The highest BCUT2D eigenvalue weighted by molar-refractivity contribution is 9.11. The van der Waals surface area contributed by atoms with E-state index in [1.807, 2.05) is 0 Å². The molecule has 0 amide bonds. The van der Waals surface area contributed by atoms with Crippen LogP contribution in [0.25, 0.3) is 0 Å². The fourth-order valence-corrected chi connectivity index (χ4v) is 10.6. The van der Waals surface area contributed by atoms with Crippen LogP contribution in [0.2, 0.25) is 0 Å². The van der Waals surface area contributed by atoms with E-state index in [0.717, 1.165) is 6.42 Å². The summed E-state index contributed by atoms with van der Waals surface area (Å²) < 4.78 is 0.400. The lowest BCUT2D eigenvalue weighted by atomic mass is 10.2. The molecule has 0 saturated heterocycles. The third kappa shape index (κ3) is 3.46. The van der Waals surface area contributed by atoms with Crippen molar-refractivity contribution in [3.63, 3.8) is 0 Å². The van der Waals surface area contributed by atoms with Crippen LogP contribution in [0.1, 0.15) is 20.3 Å². The van der Waals surface area contributed by atoms with Crippen molar-refractivity contribution in [3.8, 4) is 0 Å². The Hall–Kier alpha value is -1.43. The van der Waals surface area contributed by atoms with Crippen molar-refractivity contribution in [2.75, 3.05) is 0 Å². The SMILES string of the molecule is CCC(C)C(Br)[P+](c1ccccc1)(c1ccccc1)c1ccccc1. The molecule has 0 aromatic heterocycles. The van der Waals surface area contributed by atoms with E-state index in [9.17, 15) is 0 Å². The van der Waals surface area contributed by atoms with E-state index < -0.39 is 7.26 Å². The van der Waals surface area contributed by atoms with Crippen LogP contribution in [0.15, 0.2) is 91.0 Å². The Morgan fingerprint density at radius 2 is 1.00 bits per heavy atom. The molecule has 0 spiro atoms. The summed E-state index contributed by atoms with van der Waals surface area (Å²) in [6.07, 6.45) is 1.16. The second-order valence-corrected chi connectivity index (χ2v) is 11.7. The van der Waals surface area contributed by atoms with E-state index in [4.69, 9.17) is 0 Å². The summed E-state index contributed by atoms with van der Waals surface area (Å²) >= 11 is 4.19. The lowest BCUT2D eigenvalue weighted by Gasteiger charge is -2.34. The van der Waals surface area contributed by atoms with Crippen molar-refractivity contribution in [2.24, 2.45) is 5.92 Å². The van der Waals surface area contributed by atoms with E-state index in [-0.39, 0.29) is 0 Å². The van der Waals surface area contributed by atoms with Gasteiger partial charge in [0.05, 0.1) is 0 Å². The summed E-state index contributed by atoms with van der Waals surface area (Å²) in [7, 11) is -1.80. The molecule has 0 N–H and O–H groups in total. The van der Waals surface area contributed by atoms with Gasteiger partial charge in [-0.2, -0.15) is 0 Å².